The number of carbonyl (C=O) groups is 1. The van der Waals surface area contributed by atoms with E-state index in [1.54, 1.807) is 6.20 Å². The molecule has 0 spiro atoms. The Bertz CT molecular complexity index is 512. The fraction of sp³-hybridized carbons (Fsp3) is 0.625. The average Bonchev–Trinajstić information content (AvgIpc) is 2.97. The van der Waals surface area contributed by atoms with Crippen molar-refractivity contribution < 1.29 is 9.53 Å². The lowest BCUT2D eigenvalue weighted by atomic mass is 9.92. The highest BCUT2D eigenvalue weighted by Gasteiger charge is 2.48. The number of hydrogen-bond acceptors (Lipinski definition) is 4. The molecule has 0 aromatic carbocycles. The third-order valence-electron chi connectivity index (χ3n) is 4.18. The van der Waals surface area contributed by atoms with Gasteiger partial charge in [-0.15, -0.1) is 0 Å². The highest BCUT2D eigenvalue weighted by Crippen LogP contribution is 2.42. The van der Waals surface area contributed by atoms with Gasteiger partial charge in [-0.1, -0.05) is 6.07 Å². The van der Waals surface area contributed by atoms with E-state index in [0.717, 1.165) is 25.3 Å². The van der Waals surface area contributed by atoms with Gasteiger partial charge in [0.1, 0.15) is 5.60 Å². The Balaban J connectivity index is 1.86. The normalized spacial score (nSPS) is 28.5. The third kappa shape index (κ3) is 2.88. The van der Waals surface area contributed by atoms with Crippen LogP contribution in [0.15, 0.2) is 24.4 Å². The molecular weight excluding hydrogens is 266 g/mol. The second-order valence-electron chi connectivity index (χ2n) is 6.91. The first-order valence-electron chi connectivity index (χ1n) is 7.57. The van der Waals surface area contributed by atoms with E-state index < -0.39 is 5.60 Å². The number of rotatable bonds is 1. The molecule has 2 aliphatic heterocycles. The maximum Gasteiger partial charge on any atom is 0.410 e. The largest absolute Gasteiger partial charge is 0.444 e. The summed E-state index contributed by atoms with van der Waals surface area (Å²) >= 11 is 0. The Morgan fingerprint density at radius 3 is 2.86 bits per heavy atom. The molecule has 0 bridgehead atoms. The second-order valence-corrected chi connectivity index (χ2v) is 6.91. The number of aromatic nitrogens is 1. The Kier molecular flexibility index (Phi) is 3.61. The summed E-state index contributed by atoms with van der Waals surface area (Å²) < 4.78 is 5.58. The minimum absolute atomic E-state index is 0.0149. The van der Waals surface area contributed by atoms with Crippen LogP contribution in [-0.2, 0) is 4.74 Å². The molecule has 2 saturated heterocycles. The Hall–Kier alpha value is -1.62. The van der Waals surface area contributed by atoms with Crippen molar-refractivity contribution in [2.75, 3.05) is 19.6 Å². The maximum atomic E-state index is 12.5. The van der Waals surface area contributed by atoms with E-state index in [2.05, 4.69) is 10.3 Å². The smallest absolute Gasteiger partial charge is 0.410 e. The zero-order valence-corrected chi connectivity index (χ0v) is 12.9. The number of fused-ring (bicyclic) bond motifs is 1. The first-order valence-corrected chi connectivity index (χ1v) is 7.57. The predicted molar refractivity (Wildman–Crippen MR) is 79.8 cm³/mol. The van der Waals surface area contributed by atoms with Gasteiger partial charge in [0, 0.05) is 31.7 Å². The number of hydrogen-bond donors (Lipinski definition) is 1. The quantitative estimate of drug-likeness (QED) is 0.861. The van der Waals surface area contributed by atoms with Gasteiger partial charge in [0.25, 0.3) is 0 Å². The summed E-state index contributed by atoms with van der Waals surface area (Å²) in [5.74, 6) is 0.914. The summed E-state index contributed by atoms with van der Waals surface area (Å²) in [7, 11) is 0. The monoisotopic (exact) mass is 289 g/mol. The lowest BCUT2D eigenvalue weighted by Crippen LogP contribution is -2.39. The molecule has 114 valence electrons. The van der Waals surface area contributed by atoms with Gasteiger partial charge in [-0.25, -0.2) is 4.79 Å². The number of pyridine rings is 1. The fourth-order valence-corrected chi connectivity index (χ4v) is 3.36. The van der Waals surface area contributed by atoms with Crippen LogP contribution in [0, 0.1) is 11.8 Å². The van der Waals surface area contributed by atoms with Gasteiger partial charge < -0.3 is 10.1 Å². The SMILES string of the molecule is CC(C)(C)OC(=O)N1CC2CNCC2C1c1ccccn1. The van der Waals surface area contributed by atoms with E-state index in [4.69, 9.17) is 4.74 Å². The molecule has 0 aliphatic carbocycles. The van der Waals surface area contributed by atoms with Gasteiger partial charge in [0.15, 0.2) is 0 Å². The average molecular weight is 289 g/mol. The standard InChI is InChI=1S/C16H23N3O2/c1-16(2,3)21-15(20)19-10-11-8-17-9-12(11)14(19)13-6-4-5-7-18-13/h4-7,11-12,14,17H,8-10H2,1-3H3. The van der Waals surface area contributed by atoms with Crippen molar-refractivity contribution >= 4 is 6.09 Å². The van der Waals surface area contributed by atoms with Crippen LogP contribution in [-0.4, -0.2) is 41.2 Å². The summed E-state index contributed by atoms with van der Waals surface area (Å²) in [5, 5.41) is 3.43. The summed E-state index contributed by atoms with van der Waals surface area (Å²) in [5.41, 5.74) is 0.487. The summed E-state index contributed by atoms with van der Waals surface area (Å²) in [6.45, 7) is 8.35. The Morgan fingerprint density at radius 1 is 1.38 bits per heavy atom. The molecule has 1 aromatic heterocycles. The highest BCUT2D eigenvalue weighted by molar-refractivity contribution is 5.69. The fourth-order valence-electron chi connectivity index (χ4n) is 3.36. The van der Waals surface area contributed by atoms with E-state index in [9.17, 15) is 4.79 Å². The van der Waals surface area contributed by atoms with Crippen molar-refractivity contribution in [1.82, 2.24) is 15.2 Å². The van der Waals surface area contributed by atoms with Gasteiger partial charge in [0.2, 0.25) is 0 Å². The molecule has 2 aliphatic rings. The van der Waals surface area contributed by atoms with Crippen LogP contribution in [0.5, 0.6) is 0 Å². The minimum Gasteiger partial charge on any atom is -0.444 e. The van der Waals surface area contributed by atoms with E-state index in [-0.39, 0.29) is 12.1 Å². The Labute approximate surface area is 125 Å². The lowest BCUT2D eigenvalue weighted by molar-refractivity contribution is 0.0197. The molecule has 3 atom stereocenters. The number of nitrogens with one attached hydrogen (secondary N) is 1. The van der Waals surface area contributed by atoms with E-state index in [1.807, 2.05) is 43.9 Å². The highest BCUT2D eigenvalue weighted by atomic mass is 16.6. The zero-order chi connectivity index (χ0) is 15.0. The molecule has 1 amide bonds. The van der Waals surface area contributed by atoms with Crippen molar-refractivity contribution in [3.63, 3.8) is 0 Å². The number of nitrogens with zero attached hydrogens (tertiary/aromatic N) is 2. The van der Waals surface area contributed by atoms with Gasteiger partial charge in [0.05, 0.1) is 11.7 Å². The van der Waals surface area contributed by atoms with Crippen LogP contribution in [0.3, 0.4) is 0 Å². The van der Waals surface area contributed by atoms with E-state index in [0.29, 0.717) is 11.8 Å². The van der Waals surface area contributed by atoms with Crippen molar-refractivity contribution in [2.24, 2.45) is 11.8 Å². The summed E-state index contributed by atoms with van der Waals surface area (Å²) in [4.78, 5) is 18.9. The van der Waals surface area contributed by atoms with Gasteiger partial charge in [-0.3, -0.25) is 9.88 Å². The minimum atomic E-state index is -0.471. The number of amides is 1. The lowest BCUT2D eigenvalue weighted by Gasteiger charge is -2.30. The number of likely N-dealkylation sites (tertiary alicyclic amines) is 1. The molecule has 1 N–H and O–H groups in total. The van der Waals surface area contributed by atoms with Crippen LogP contribution in [0.25, 0.3) is 0 Å². The van der Waals surface area contributed by atoms with Crippen molar-refractivity contribution in [2.45, 2.75) is 32.4 Å². The summed E-state index contributed by atoms with van der Waals surface area (Å²) in [6.07, 6.45) is 1.56. The third-order valence-corrected chi connectivity index (χ3v) is 4.18. The van der Waals surface area contributed by atoms with Crippen LogP contribution in [0.2, 0.25) is 0 Å². The molecule has 2 fully saturated rings. The zero-order valence-electron chi connectivity index (χ0n) is 12.9. The molecule has 5 heteroatoms. The predicted octanol–water partition coefficient (Wildman–Crippen LogP) is 2.21. The van der Waals surface area contributed by atoms with E-state index >= 15 is 0 Å². The van der Waals surface area contributed by atoms with Crippen LogP contribution < -0.4 is 5.32 Å². The topological polar surface area (TPSA) is 54.5 Å². The molecule has 21 heavy (non-hydrogen) atoms. The van der Waals surface area contributed by atoms with Crippen molar-refractivity contribution in [3.05, 3.63) is 30.1 Å². The van der Waals surface area contributed by atoms with Gasteiger partial charge in [-0.2, -0.15) is 0 Å². The molecule has 0 saturated carbocycles. The van der Waals surface area contributed by atoms with Crippen molar-refractivity contribution in [1.29, 1.82) is 0 Å². The van der Waals surface area contributed by atoms with E-state index in [1.165, 1.54) is 0 Å². The van der Waals surface area contributed by atoms with Gasteiger partial charge in [-0.05, 0) is 38.8 Å². The second kappa shape index (κ2) is 5.30. The Morgan fingerprint density at radius 2 is 2.19 bits per heavy atom. The van der Waals surface area contributed by atoms with Crippen molar-refractivity contribution in [3.8, 4) is 0 Å². The molecule has 3 heterocycles. The summed E-state index contributed by atoms with van der Waals surface area (Å²) in [6, 6.07) is 5.90. The molecule has 0 radical (unpaired) electrons. The molecule has 3 unspecified atom stereocenters. The number of ether oxygens (including phenoxy) is 1. The molecule has 1 aromatic rings. The van der Waals surface area contributed by atoms with Crippen LogP contribution in [0.1, 0.15) is 32.5 Å². The van der Waals surface area contributed by atoms with Crippen LogP contribution >= 0.6 is 0 Å². The molecule has 3 rings (SSSR count). The van der Waals surface area contributed by atoms with Crippen LogP contribution in [0.4, 0.5) is 4.79 Å². The first-order chi connectivity index (χ1) is 9.96. The number of carbonyl (C=O) groups excluding carboxylic acids is 1. The maximum absolute atomic E-state index is 12.5. The molecular formula is C16H23N3O2. The molecule has 5 nitrogen and oxygen atoms in total. The van der Waals surface area contributed by atoms with Gasteiger partial charge >= 0.3 is 6.09 Å². The first kappa shape index (κ1) is 14.3.